The van der Waals surface area contributed by atoms with Crippen LogP contribution in [0, 0.1) is 13.8 Å². The van der Waals surface area contributed by atoms with E-state index in [9.17, 15) is 0 Å². The van der Waals surface area contributed by atoms with Crippen LogP contribution >= 0.6 is 0 Å². The summed E-state index contributed by atoms with van der Waals surface area (Å²) in [7, 11) is 0. The van der Waals surface area contributed by atoms with Gasteiger partial charge in [-0.3, -0.25) is 4.98 Å². The minimum absolute atomic E-state index is 1.06. The number of aromatic nitrogens is 1. The Labute approximate surface area is 73.4 Å². The highest BCUT2D eigenvalue weighted by atomic mass is 14.6. The third kappa shape index (κ3) is 2.70. The molecule has 1 aromatic heterocycles. The number of rotatable bonds is 0. The lowest BCUT2D eigenvalue weighted by Crippen LogP contribution is -1.78. The normalized spacial score (nSPS) is 8.83. The monoisotopic (exact) mass is 159 g/mol. The van der Waals surface area contributed by atoms with Crippen LogP contribution in [0.2, 0.25) is 0 Å². The van der Waals surface area contributed by atoms with Crippen molar-refractivity contribution in [3.05, 3.63) is 53.9 Å². The van der Waals surface area contributed by atoms with Crippen LogP contribution in [0.25, 0.3) is 0 Å². The molecule has 0 unspecified atom stereocenters. The van der Waals surface area contributed by atoms with Crippen molar-refractivity contribution < 1.29 is 0 Å². The molecular weight excluding hydrogens is 146 g/mol. The van der Waals surface area contributed by atoms with Crippen LogP contribution < -0.4 is 0 Å². The summed E-state index contributed by atoms with van der Waals surface area (Å²) in [5.74, 6) is 0. The van der Waals surface area contributed by atoms with Gasteiger partial charge in [-0.1, -0.05) is 30.3 Å². The lowest BCUT2D eigenvalue weighted by atomic mass is 10.2. The van der Waals surface area contributed by atoms with Crippen LogP contribution in [0.4, 0.5) is 0 Å². The molecule has 0 radical (unpaired) electrons. The van der Waals surface area contributed by atoms with Crippen molar-refractivity contribution in [1.82, 2.24) is 4.98 Å². The quantitative estimate of drug-likeness (QED) is 0.567. The van der Waals surface area contributed by atoms with Gasteiger partial charge in [-0.15, -0.1) is 0 Å². The fourth-order valence-electron chi connectivity index (χ4n) is 0.819. The van der Waals surface area contributed by atoms with Crippen LogP contribution in [-0.2, 0) is 0 Å². The molecule has 0 N–H and O–H groups in total. The zero-order valence-electron chi connectivity index (χ0n) is 7.49. The second kappa shape index (κ2) is 4.50. The molecule has 0 aromatic carbocycles. The van der Waals surface area contributed by atoms with Crippen molar-refractivity contribution in [3.8, 4) is 0 Å². The van der Waals surface area contributed by atoms with E-state index in [1.807, 2.05) is 43.5 Å². The Kier molecular flexibility index (Phi) is 3.27. The lowest BCUT2D eigenvalue weighted by molar-refractivity contribution is 1.17. The van der Waals surface area contributed by atoms with Crippen LogP contribution in [0.15, 0.2) is 42.6 Å². The minimum atomic E-state index is 1.06. The molecule has 12 heavy (non-hydrogen) atoms. The van der Waals surface area contributed by atoms with Crippen molar-refractivity contribution in [2.75, 3.05) is 0 Å². The molecule has 62 valence electrons. The maximum Gasteiger partial charge on any atom is 0.0401 e. The van der Waals surface area contributed by atoms with Crippen molar-refractivity contribution >= 4 is 0 Å². The zero-order chi connectivity index (χ0) is 8.81. The summed E-state index contributed by atoms with van der Waals surface area (Å²) in [5.41, 5.74) is 2.26. The average molecular weight is 159 g/mol. The van der Waals surface area contributed by atoms with Gasteiger partial charge >= 0.3 is 0 Å². The van der Waals surface area contributed by atoms with E-state index in [-0.39, 0.29) is 0 Å². The van der Waals surface area contributed by atoms with Gasteiger partial charge in [0.2, 0.25) is 0 Å². The second-order valence-electron chi connectivity index (χ2n) is 2.68. The summed E-state index contributed by atoms with van der Waals surface area (Å²) < 4.78 is 0. The Balaban J connectivity index is 3.25. The topological polar surface area (TPSA) is 12.9 Å². The van der Waals surface area contributed by atoms with Crippen LogP contribution in [0.1, 0.15) is 11.3 Å². The highest BCUT2D eigenvalue weighted by Crippen LogP contribution is 1.96. The molecule has 1 heteroatoms. The first-order valence-electron chi connectivity index (χ1n) is 4.02. The Morgan fingerprint density at radius 2 is 1.58 bits per heavy atom. The van der Waals surface area contributed by atoms with Crippen molar-refractivity contribution in [2.24, 2.45) is 0 Å². The highest BCUT2D eigenvalue weighted by Gasteiger charge is 1.82. The molecule has 1 heterocycles. The van der Waals surface area contributed by atoms with E-state index < -0.39 is 0 Å². The Morgan fingerprint density at radius 1 is 0.917 bits per heavy atom. The van der Waals surface area contributed by atoms with Gasteiger partial charge in [0.25, 0.3) is 0 Å². The van der Waals surface area contributed by atoms with Gasteiger partial charge in [0, 0.05) is 11.9 Å². The zero-order valence-corrected chi connectivity index (χ0v) is 7.49. The van der Waals surface area contributed by atoms with Gasteiger partial charge in [0.05, 0.1) is 0 Å². The Hall–Kier alpha value is -1.37. The van der Waals surface area contributed by atoms with Crippen molar-refractivity contribution in [2.45, 2.75) is 13.8 Å². The third-order valence-corrected chi connectivity index (χ3v) is 1.72. The van der Waals surface area contributed by atoms with E-state index in [2.05, 4.69) is 18.0 Å². The largest absolute Gasteiger partial charge is 0.261 e. The van der Waals surface area contributed by atoms with E-state index in [0.717, 1.165) is 5.69 Å². The first kappa shape index (κ1) is 8.72. The second-order valence-corrected chi connectivity index (χ2v) is 2.68. The number of hydrogen-bond donors (Lipinski definition) is 0. The maximum absolute atomic E-state index is 4.25. The summed E-state index contributed by atoms with van der Waals surface area (Å²) >= 11 is 0. The molecule has 0 atom stereocenters. The Bertz CT molecular complexity index is 272. The molecule has 0 aliphatic rings. The summed E-state index contributed by atoms with van der Waals surface area (Å²) in [6.45, 7) is 4.07. The molecule has 1 rings (SSSR count). The molecule has 1 aromatic rings. The van der Waals surface area contributed by atoms with Crippen molar-refractivity contribution in [3.63, 3.8) is 0 Å². The van der Waals surface area contributed by atoms with Gasteiger partial charge < -0.3 is 0 Å². The molecule has 0 aliphatic heterocycles. The lowest BCUT2D eigenvalue weighted by Gasteiger charge is -1.89. The van der Waals surface area contributed by atoms with Crippen molar-refractivity contribution in [1.29, 1.82) is 0 Å². The summed E-state index contributed by atoms with van der Waals surface area (Å²) in [4.78, 5) is 4.25. The minimum Gasteiger partial charge on any atom is -0.261 e. The molecule has 0 saturated heterocycles. The fraction of sp³-hybridized carbons (Fsp3) is 0.182. The molecule has 0 saturated carbocycles. The van der Waals surface area contributed by atoms with E-state index in [1.165, 1.54) is 5.56 Å². The molecule has 0 bridgehead atoms. The summed E-state index contributed by atoms with van der Waals surface area (Å²) in [5, 5.41) is 0. The molecule has 0 spiro atoms. The van der Waals surface area contributed by atoms with Gasteiger partial charge in [-0.05, 0) is 25.5 Å². The van der Waals surface area contributed by atoms with E-state index in [4.69, 9.17) is 0 Å². The first-order chi connectivity index (χ1) is 5.80. The smallest absolute Gasteiger partial charge is 0.0401 e. The summed E-state index contributed by atoms with van der Waals surface area (Å²) in [6.07, 6.45) is 1.81. The number of hydrogen-bond acceptors (Lipinski definition) is 1. The molecule has 1 nitrogen and oxygen atoms in total. The molecule has 0 amide bonds. The van der Waals surface area contributed by atoms with Gasteiger partial charge in [-0.2, -0.15) is 0 Å². The van der Waals surface area contributed by atoms with E-state index in [0.29, 0.717) is 0 Å². The average Bonchev–Trinajstić information content (AvgIpc) is 2.08. The van der Waals surface area contributed by atoms with E-state index in [1.54, 1.807) is 0 Å². The third-order valence-electron chi connectivity index (χ3n) is 1.72. The predicted octanol–water partition coefficient (Wildman–Crippen LogP) is 2.82. The molecule has 0 aliphatic carbocycles. The highest BCUT2D eigenvalue weighted by molar-refractivity contribution is 5.13. The van der Waals surface area contributed by atoms with Gasteiger partial charge in [-0.25, -0.2) is 0 Å². The summed E-state index contributed by atoms with van der Waals surface area (Å²) in [6, 6.07) is 11.9. The maximum atomic E-state index is 4.25. The standard InChI is InChI=1S/C11H13N/c1-10-8-6-4-3-5-7-9-12-11(10)2/h3-9H,1-2H3. The molecule has 0 fully saturated rings. The predicted molar refractivity (Wildman–Crippen MR) is 51.3 cm³/mol. The van der Waals surface area contributed by atoms with Gasteiger partial charge in [0.15, 0.2) is 0 Å². The SMILES string of the molecule is Cc1cccccccnc1C. The number of nitrogens with zero attached hydrogens (tertiary/aromatic N) is 1. The van der Waals surface area contributed by atoms with Crippen LogP contribution in [0.5, 0.6) is 0 Å². The van der Waals surface area contributed by atoms with Crippen LogP contribution in [-0.4, -0.2) is 4.98 Å². The number of aryl methyl sites for hydroxylation is 2. The Morgan fingerprint density at radius 3 is 2.42 bits per heavy atom. The fourth-order valence-corrected chi connectivity index (χ4v) is 0.819. The first-order valence-corrected chi connectivity index (χ1v) is 4.02. The van der Waals surface area contributed by atoms with Crippen LogP contribution in [0.3, 0.4) is 0 Å². The molecular formula is C11H13N. The van der Waals surface area contributed by atoms with E-state index >= 15 is 0 Å². The van der Waals surface area contributed by atoms with Gasteiger partial charge in [0.1, 0.15) is 0 Å².